The van der Waals surface area contributed by atoms with E-state index in [2.05, 4.69) is 16.3 Å². The molecule has 1 aromatic heterocycles. The third-order valence-electron chi connectivity index (χ3n) is 2.15. The van der Waals surface area contributed by atoms with Gasteiger partial charge < -0.3 is 5.32 Å². The Bertz CT molecular complexity index is 536. The zero-order valence-electron chi connectivity index (χ0n) is 9.98. The zero-order valence-corrected chi connectivity index (χ0v) is 11.6. The lowest BCUT2D eigenvalue weighted by Crippen LogP contribution is -2.26. The van der Waals surface area contributed by atoms with E-state index >= 15 is 0 Å². The van der Waals surface area contributed by atoms with Crippen molar-refractivity contribution in [1.29, 1.82) is 0 Å². The molecular weight excluding hydrogens is 274 g/mol. The SMILES string of the molecule is C#CCn1ncc(Cl)c(NCCCS(C)=O)c1=O. The van der Waals surface area contributed by atoms with Crippen molar-refractivity contribution in [3.05, 3.63) is 21.6 Å². The van der Waals surface area contributed by atoms with Crippen molar-refractivity contribution in [3.8, 4) is 12.3 Å². The molecule has 98 valence electrons. The highest BCUT2D eigenvalue weighted by Crippen LogP contribution is 2.14. The van der Waals surface area contributed by atoms with E-state index in [4.69, 9.17) is 18.0 Å². The number of nitrogens with zero attached hydrogens (tertiary/aromatic N) is 2. The third-order valence-corrected chi connectivity index (χ3v) is 3.30. The van der Waals surface area contributed by atoms with Gasteiger partial charge in [0.25, 0.3) is 5.56 Å². The number of nitrogens with one attached hydrogen (secondary N) is 1. The first-order chi connectivity index (χ1) is 8.56. The van der Waals surface area contributed by atoms with Crippen LogP contribution < -0.4 is 10.9 Å². The molecule has 0 bridgehead atoms. The summed E-state index contributed by atoms with van der Waals surface area (Å²) in [5, 5.41) is 7.01. The number of anilines is 1. The van der Waals surface area contributed by atoms with Gasteiger partial charge in [0.2, 0.25) is 0 Å². The average Bonchev–Trinajstić information content (AvgIpc) is 2.31. The van der Waals surface area contributed by atoms with Crippen molar-refractivity contribution < 1.29 is 4.21 Å². The van der Waals surface area contributed by atoms with Gasteiger partial charge in [0, 0.05) is 29.4 Å². The van der Waals surface area contributed by atoms with Gasteiger partial charge in [0.1, 0.15) is 12.2 Å². The lowest BCUT2D eigenvalue weighted by atomic mass is 10.4. The molecule has 0 aromatic carbocycles. The van der Waals surface area contributed by atoms with Crippen molar-refractivity contribution in [2.75, 3.05) is 23.9 Å². The normalized spacial score (nSPS) is 11.8. The van der Waals surface area contributed by atoms with Crippen LogP contribution in [0.5, 0.6) is 0 Å². The number of hydrogen-bond acceptors (Lipinski definition) is 4. The minimum Gasteiger partial charge on any atom is -0.379 e. The van der Waals surface area contributed by atoms with E-state index in [9.17, 15) is 9.00 Å². The summed E-state index contributed by atoms with van der Waals surface area (Å²) >= 11 is 5.89. The van der Waals surface area contributed by atoms with E-state index in [1.807, 2.05) is 0 Å². The fourth-order valence-electron chi connectivity index (χ4n) is 1.32. The molecule has 1 rings (SSSR count). The molecule has 0 radical (unpaired) electrons. The quantitative estimate of drug-likeness (QED) is 0.618. The Morgan fingerprint density at radius 1 is 1.67 bits per heavy atom. The van der Waals surface area contributed by atoms with E-state index in [1.54, 1.807) is 6.26 Å². The van der Waals surface area contributed by atoms with Crippen LogP contribution >= 0.6 is 11.6 Å². The van der Waals surface area contributed by atoms with Gasteiger partial charge in [-0.1, -0.05) is 17.5 Å². The molecule has 0 saturated carbocycles. The first-order valence-corrected chi connectivity index (χ1v) is 7.39. The molecule has 1 aromatic rings. The van der Waals surface area contributed by atoms with Crippen molar-refractivity contribution >= 4 is 28.1 Å². The molecule has 0 aliphatic rings. The molecule has 0 saturated heterocycles. The summed E-state index contributed by atoms with van der Waals surface area (Å²) in [4.78, 5) is 11.9. The summed E-state index contributed by atoms with van der Waals surface area (Å²) in [6, 6.07) is 0. The molecule has 1 unspecified atom stereocenters. The third kappa shape index (κ3) is 4.17. The molecule has 18 heavy (non-hydrogen) atoms. The van der Waals surface area contributed by atoms with E-state index in [0.29, 0.717) is 18.7 Å². The Kier molecular flexibility index (Phi) is 5.89. The fourth-order valence-corrected chi connectivity index (χ4v) is 2.06. The van der Waals surface area contributed by atoms with Crippen molar-refractivity contribution in [2.45, 2.75) is 13.0 Å². The van der Waals surface area contributed by atoms with Gasteiger partial charge in [-0.2, -0.15) is 5.10 Å². The molecule has 1 atom stereocenters. The predicted octanol–water partition coefficient (Wildman–Crippen LogP) is 0.710. The van der Waals surface area contributed by atoms with Crippen molar-refractivity contribution in [3.63, 3.8) is 0 Å². The minimum atomic E-state index is -0.837. The highest BCUT2D eigenvalue weighted by atomic mass is 35.5. The molecule has 0 fully saturated rings. The number of aromatic nitrogens is 2. The molecule has 7 heteroatoms. The number of terminal acetylenes is 1. The molecule has 0 spiro atoms. The maximum absolute atomic E-state index is 11.9. The van der Waals surface area contributed by atoms with Gasteiger partial charge in [0.15, 0.2) is 0 Å². The number of hydrogen-bond donors (Lipinski definition) is 1. The maximum atomic E-state index is 11.9. The van der Waals surface area contributed by atoms with Gasteiger partial charge in [-0.3, -0.25) is 9.00 Å². The highest BCUT2D eigenvalue weighted by Gasteiger charge is 2.08. The summed E-state index contributed by atoms with van der Waals surface area (Å²) < 4.78 is 12.0. The summed E-state index contributed by atoms with van der Waals surface area (Å²) in [7, 11) is -0.837. The van der Waals surface area contributed by atoms with E-state index in [0.717, 1.165) is 4.68 Å². The van der Waals surface area contributed by atoms with Crippen LogP contribution in [0.1, 0.15) is 6.42 Å². The first kappa shape index (κ1) is 14.7. The summed E-state index contributed by atoms with van der Waals surface area (Å²) in [5.74, 6) is 2.92. The van der Waals surface area contributed by atoms with Gasteiger partial charge in [-0.25, -0.2) is 4.68 Å². The van der Waals surface area contributed by atoms with Gasteiger partial charge in [-0.05, 0) is 6.42 Å². The van der Waals surface area contributed by atoms with Crippen LogP contribution in [-0.2, 0) is 17.3 Å². The molecule has 0 amide bonds. The smallest absolute Gasteiger partial charge is 0.292 e. The fraction of sp³-hybridized carbons (Fsp3) is 0.455. The summed E-state index contributed by atoms with van der Waals surface area (Å²) in [6.07, 6.45) is 8.84. The zero-order chi connectivity index (χ0) is 13.5. The molecule has 5 nitrogen and oxygen atoms in total. The van der Waals surface area contributed by atoms with Crippen LogP contribution in [-0.4, -0.2) is 32.5 Å². The average molecular weight is 288 g/mol. The number of halogens is 1. The van der Waals surface area contributed by atoms with Crippen LogP contribution in [0.2, 0.25) is 5.02 Å². The highest BCUT2D eigenvalue weighted by molar-refractivity contribution is 7.84. The molecule has 0 aliphatic heterocycles. The molecule has 1 N–H and O–H groups in total. The summed E-state index contributed by atoms with van der Waals surface area (Å²) in [6.45, 7) is 0.623. The van der Waals surface area contributed by atoms with Gasteiger partial charge in [-0.15, -0.1) is 6.42 Å². The topological polar surface area (TPSA) is 64.0 Å². The van der Waals surface area contributed by atoms with Crippen LogP contribution in [0.25, 0.3) is 0 Å². The largest absolute Gasteiger partial charge is 0.379 e. The Hall–Kier alpha value is -1.32. The molecular formula is C11H14ClN3O2S. The monoisotopic (exact) mass is 287 g/mol. The second kappa shape index (κ2) is 7.19. The first-order valence-electron chi connectivity index (χ1n) is 5.29. The van der Waals surface area contributed by atoms with Crippen LogP contribution in [0.3, 0.4) is 0 Å². The predicted molar refractivity (Wildman–Crippen MR) is 74.4 cm³/mol. The van der Waals surface area contributed by atoms with Gasteiger partial charge >= 0.3 is 0 Å². The Labute approximate surface area is 113 Å². The van der Waals surface area contributed by atoms with Gasteiger partial charge in [0.05, 0.1) is 11.2 Å². The standard InChI is InChI=1S/C11H14ClN3O2S/c1-3-6-15-11(16)10(9(12)8-14-15)13-5-4-7-18(2)17/h1,8,13H,4-7H2,2H3. The molecule has 1 heterocycles. The van der Waals surface area contributed by atoms with Crippen LogP contribution in [0.4, 0.5) is 5.69 Å². The Morgan fingerprint density at radius 3 is 3.00 bits per heavy atom. The van der Waals surface area contributed by atoms with E-state index in [-0.39, 0.29) is 22.8 Å². The van der Waals surface area contributed by atoms with Crippen molar-refractivity contribution in [1.82, 2.24) is 9.78 Å². The van der Waals surface area contributed by atoms with Crippen molar-refractivity contribution in [2.24, 2.45) is 0 Å². The molecule has 0 aliphatic carbocycles. The lowest BCUT2D eigenvalue weighted by Gasteiger charge is -2.08. The Morgan fingerprint density at radius 2 is 2.39 bits per heavy atom. The van der Waals surface area contributed by atoms with E-state index in [1.165, 1.54) is 6.20 Å². The number of rotatable bonds is 6. The minimum absolute atomic E-state index is 0.101. The second-order valence-corrected chi connectivity index (χ2v) is 5.55. The summed E-state index contributed by atoms with van der Waals surface area (Å²) in [5.41, 5.74) is -0.0677. The van der Waals surface area contributed by atoms with Crippen LogP contribution in [0, 0.1) is 12.3 Å². The lowest BCUT2D eigenvalue weighted by molar-refractivity contribution is 0.664. The second-order valence-electron chi connectivity index (χ2n) is 3.59. The van der Waals surface area contributed by atoms with E-state index < -0.39 is 10.8 Å². The maximum Gasteiger partial charge on any atom is 0.292 e. The Balaban J connectivity index is 2.76. The van der Waals surface area contributed by atoms with Crippen LogP contribution in [0.15, 0.2) is 11.0 Å².